The molecule has 1 aromatic heterocycles. The third-order valence-corrected chi connectivity index (χ3v) is 4.98. The summed E-state index contributed by atoms with van der Waals surface area (Å²) in [4.78, 5) is 5.10. The molecular weight excluding hydrogens is 303 g/mol. The van der Waals surface area contributed by atoms with Gasteiger partial charge in [0.15, 0.2) is 4.34 Å². The Morgan fingerprint density at radius 3 is 2.84 bits per heavy atom. The number of benzene rings is 2. The van der Waals surface area contributed by atoms with Crippen molar-refractivity contribution in [1.82, 2.24) is 4.98 Å². The van der Waals surface area contributed by atoms with Crippen molar-refractivity contribution in [3.05, 3.63) is 47.2 Å². The molecule has 0 aliphatic rings. The summed E-state index contributed by atoms with van der Waals surface area (Å²) in [6.45, 7) is 0. The molecule has 3 aromatic rings. The van der Waals surface area contributed by atoms with Gasteiger partial charge in [0, 0.05) is 10.6 Å². The van der Waals surface area contributed by atoms with Crippen LogP contribution in [0.2, 0.25) is 5.02 Å². The van der Waals surface area contributed by atoms with Crippen LogP contribution >= 0.6 is 34.7 Å². The van der Waals surface area contributed by atoms with E-state index in [1.54, 1.807) is 11.3 Å². The largest absolute Gasteiger partial charge is 0.398 e. The zero-order valence-corrected chi connectivity index (χ0v) is 12.0. The summed E-state index contributed by atoms with van der Waals surface area (Å²) in [6, 6.07) is 10.6. The number of nitrogens with zero attached hydrogens (tertiary/aromatic N) is 1. The van der Waals surface area contributed by atoms with E-state index in [1.807, 2.05) is 24.3 Å². The molecule has 96 valence electrons. The first-order valence-electron chi connectivity index (χ1n) is 5.41. The first kappa shape index (κ1) is 12.7. The van der Waals surface area contributed by atoms with Crippen LogP contribution in [0.3, 0.4) is 0 Å². The van der Waals surface area contributed by atoms with Gasteiger partial charge in [-0.15, -0.1) is 11.3 Å². The summed E-state index contributed by atoms with van der Waals surface area (Å²) < 4.78 is 15.4. The molecule has 0 aliphatic carbocycles. The zero-order valence-electron chi connectivity index (χ0n) is 9.56. The number of hydrogen-bond acceptors (Lipinski definition) is 4. The highest BCUT2D eigenvalue weighted by atomic mass is 35.5. The van der Waals surface area contributed by atoms with Crippen LogP contribution in [0.4, 0.5) is 10.1 Å². The van der Waals surface area contributed by atoms with Crippen LogP contribution in [0.1, 0.15) is 0 Å². The molecule has 0 atom stereocenters. The van der Waals surface area contributed by atoms with Crippen molar-refractivity contribution in [2.45, 2.75) is 9.24 Å². The van der Waals surface area contributed by atoms with Gasteiger partial charge in [-0.3, -0.25) is 0 Å². The third-order valence-electron chi connectivity index (χ3n) is 2.52. The fourth-order valence-corrected chi connectivity index (χ4v) is 3.87. The van der Waals surface area contributed by atoms with Crippen LogP contribution in [0.15, 0.2) is 45.6 Å². The maximum atomic E-state index is 13.4. The standard InChI is InChI=1S/C13H8ClFN2S2/c14-7-5-9(16)12(6-8(7)15)19-13-17-10-3-1-2-4-11(10)18-13/h1-6H,16H2. The molecule has 0 unspecified atom stereocenters. The Hall–Kier alpha value is -1.30. The van der Waals surface area contributed by atoms with Crippen molar-refractivity contribution in [3.8, 4) is 0 Å². The second-order valence-electron chi connectivity index (χ2n) is 3.85. The Morgan fingerprint density at radius 2 is 2.05 bits per heavy atom. The Kier molecular flexibility index (Phi) is 3.35. The lowest BCUT2D eigenvalue weighted by Crippen LogP contribution is -1.90. The molecule has 0 fully saturated rings. The molecule has 2 nitrogen and oxygen atoms in total. The minimum absolute atomic E-state index is 0.0335. The van der Waals surface area contributed by atoms with Crippen LogP contribution in [-0.2, 0) is 0 Å². The smallest absolute Gasteiger partial charge is 0.155 e. The second kappa shape index (κ2) is 5.00. The van der Waals surface area contributed by atoms with Crippen molar-refractivity contribution in [2.24, 2.45) is 0 Å². The van der Waals surface area contributed by atoms with E-state index in [4.69, 9.17) is 17.3 Å². The van der Waals surface area contributed by atoms with Gasteiger partial charge in [0.2, 0.25) is 0 Å². The van der Waals surface area contributed by atoms with E-state index < -0.39 is 5.82 Å². The van der Waals surface area contributed by atoms with Crippen LogP contribution in [0.5, 0.6) is 0 Å². The number of anilines is 1. The van der Waals surface area contributed by atoms with Crippen molar-refractivity contribution < 1.29 is 4.39 Å². The van der Waals surface area contributed by atoms with Gasteiger partial charge in [-0.25, -0.2) is 9.37 Å². The molecule has 2 N–H and O–H groups in total. The zero-order chi connectivity index (χ0) is 13.4. The number of fused-ring (bicyclic) bond motifs is 1. The Labute approximate surface area is 122 Å². The lowest BCUT2D eigenvalue weighted by atomic mass is 10.3. The molecule has 2 aromatic carbocycles. The topological polar surface area (TPSA) is 38.9 Å². The normalized spacial score (nSPS) is 11.1. The number of rotatable bonds is 2. The van der Waals surface area contributed by atoms with Crippen molar-refractivity contribution >= 4 is 50.6 Å². The Morgan fingerprint density at radius 1 is 1.26 bits per heavy atom. The van der Waals surface area contributed by atoms with Crippen molar-refractivity contribution in [3.63, 3.8) is 0 Å². The van der Waals surface area contributed by atoms with Gasteiger partial charge in [-0.2, -0.15) is 0 Å². The van der Waals surface area contributed by atoms with Gasteiger partial charge in [0.25, 0.3) is 0 Å². The SMILES string of the molecule is Nc1cc(Cl)c(F)cc1Sc1nc2ccccc2s1. The van der Waals surface area contributed by atoms with E-state index in [2.05, 4.69) is 4.98 Å². The number of hydrogen-bond donors (Lipinski definition) is 1. The number of nitrogen functional groups attached to an aromatic ring is 1. The molecular formula is C13H8ClFN2S2. The highest BCUT2D eigenvalue weighted by molar-refractivity contribution is 8.01. The average molecular weight is 311 g/mol. The predicted molar refractivity (Wildman–Crippen MR) is 79.6 cm³/mol. The molecule has 3 rings (SSSR count). The van der Waals surface area contributed by atoms with Gasteiger partial charge in [0.05, 0.1) is 15.2 Å². The Balaban J connectivity index is 1.98. The predicted octanol–water partition coefficient (Wildman–Crippen LogP) is 4.82. The summed E-state index contributed by atoms with van der Waals surface area (Å²) in [6.07, 6.45) is 0. The van der Waals surface area contributed by atoms with Crippen LogP contribution in [0, 0.1) is 5.82 Å². The molecule has 0 saturated heterocycles. The highest BCUT2D eigenvalue weighted by Crippen LogP contribution is 2.38. The summed E-state index contributed by atoms with van der Waals surface area (Å²) in [5, 5.41) is 0.0335. The van der Waals surface area contributed by atoms with Gasteiger partial charge in [-0.1, -0.05) is 35.5 Å². The van der Waals surface area contributed by atoms with E-state index in [-0.39, 0.29) is 5.02 Å². The molecule has 19 heavy (non-hydrogen) atoms. The molecule has 0 saturated carbocycles. The van der Waals surface area contributed by atoms with Gasteiger partial charge in [-0.05, 0) is 24.3 Å². The third kappa shape index (κ3) is 2.54. The summed E-state index contributed by atoms with van der Waals surface area (Å²) in [7, 11) is 0. The maximum absolute atomic E-state index is 13.4. The molecule has 0 amide bonds. The first-order valence-corrected chi connectivity index (χ1v) is 7.42. The van der Waals surface area contributed by atoms with E-state index in [9.17, 15) is 4.39 Å². The number of halogens is 2. The van der Waals surface area contributed by atoms with Gasteiger partial charge in [0.1, 0.15) is 5.82 Å². The maximum Gasteiger partial charge on any atom is 0.155 e. The highest BCUT2D eigenvalue weighted by Gasteiger charge is 2.10. The molecule has 0 aliphatic heterocycles. The van der Waals surface area contributed by atoms with E-state index in [0.29, 0.717) is 10.6 Å². The van der Waals surface area contributed by atoms with E-state index in [1.165, 1.54) is 23.9 Å². The summed E-state index contributed by atoms with van der Waals surface area (Å²) in [5.41, 5.74) is 7.22. The molecule has 0 spiro atoms. The molecule has 1 heterocycles. The minimum Gasteiger partial charge on any atom is -0.398 e. The fourth-order valence-electron chi connectivity index (χ4n) is 1.62. The van der Waals surface area contributed by atoms with Crippen molar-refractivity contribution in [2.75, 3.05) is 5.73 Å². The number of nitrogens with two attached hydrogens (primary N) is 1. The monoisotopic (exact) mass is 310 g/mol. The molecule has 6 heteroatoms. The number of para-hydroxylation sites is 1. The van der Waals surface area contributed by atoms with E-state index >= 15 is 0 Å². The van der Waals surface area contributed by atoms with Crippen LogP contribution in [0.25, 0.3) is 10.2 Å². The lowest BCUT2D eigenvalue weighted by molar-refractivity contribution is 0.625. The van der Waals surface area contributed by atoms with Gasteiger partial charge < -0.3 is 5.73 Å². The van der Waals surface area contributed by atoms with Crippen LogP contribution in [-0.4, -0.2) is 4.98 Å². The Bertz CT molecular complexity index is 724. The number of thiazole rings is 1. The second-order valence-corrected chi connectivity index (χ2v) is 6.58. The van der Waals surface area contributed by atoms with Crippen LogP contribution < -0.4 is 5.73 Å². The average Bonchev–Trinajstić information content (AvgIpc) is 2.78. The molecule has 0 bridgehead atoms. The van der Waals surface area contributed by atoms with Crippen molar-refractivity contribution in [1.29, 1.82) is 0 Å². The summed E-state index contributed by atoms with van der Waals surface area (Å²) in [5.74, 6) is -0.473. The fraction of sp³-hybridized carbons (Fsp3) is 0. The lowest BCUT2D eigenvalue weighted by Gasteiger charge is -2.04. The number of aromatic nitrogens is 1. The first-order chi connectivity index (χ1) is 9.13. The quantitative estimate of drug-likeness (QED) is 0.690. The minimum atomic E-state index is -0.473. The van der Waals surface area contributed by atoms with Gasteiger partial charge >= 0.3 is 0 Å². The van der Waals surface area contributed by atoms with E-state index in [0.717, 1.165) is 14.6 Å². The summed E-state index contributed by atoms with van der Waals surface area (Å²) >= 11 is 8.57. The molecule has 0 radical (unpaired) electrons.